The Kier molecular flexibility index (Phi) is 5.30. The number of hydrogen-bond acceptors (Lipinski definition) is 7. The number of alkyl halides is 3. The summed E-state index contributed by atoms with van der Waals surface area (Å²) < 4.78 is 39.4. The van der Waals surface area contributed by atoms with E-state index in [2.05, 4.69) is 30.5 Å². The van der Waals surface area contributed by atoms with E-state index in [1.54, 1.807) is 11.9 Å². The van der Waals surface area contributed by atoms with Gasteiger partial charge in [0.1, 0.15) is 23.8 Å². The molecule has 1 atom stereocenters. The van der Waals surface area contributed by atoms with Crippen LogP contribution >= 0.6 is 11.8 Å². The minimum Gasteiger partial charge on any atom is -0.369 e. The Labute approximate surface area is 146 Å². The van der Waals surface area contributed by atoms with Gasteiger partial charge in [-0.1, -0.05) is 0 Å². The van der Waals surface area contributed by atoms with Crippen LogP contribution in [0.4, 0.5) is 24.8 Å². The summed E-state index contributed by atoms with van der Waals surface area (Å²) in [5.41, 5.74) is 0. The lowest BCUT2D eigenvalue weighted by Gasteiger charge is -2.19. The Balaban J connectivity index is 1.79. The predicted molar refractivity (Wildman–Crippen MR) is 89.5 cm³/mol. The Morgan fingerprint density at radius 3 is 2.88 bits per heavy atom. The smallest absolute Gasteiger partial charge is 0.369 e. The van der Waals surface area contributed by atoms with E-state index in [0.717, 1.165) is 18.6 Å². The number of nitrogens with one attached hydrogen (secondary N) is 2. The number of hydrogen-bond donors (Lipinski definition) is 2. The van der Waals surface area contributed by atoms with Gasteiger partial charge in [-0.05, 0) is 18.6 Å². The van der Waals surface area contributed by atoms with E-state index in [9.17, 15) is 13.2 Å². The minimum atomic E-state index is -4.61. The highest BCUT2D eigenvalue weighted by Gasteiger charge is 2.36. The maximum atomic E-state index is 13.1. The molecule has 2 aromatic rings. The Hall–Kier alpha value is -2.04. The number of anilines is 2. The van der Waals surface area contributed by atoms with Crippen LogP contribution in [0.25, 0.3) is 0 Å². The molecule has 3 rings (SSSR count). The van der Waals surface area contributed by atoms with Gasteiger partial charge in [-0.3, -0.25) is 5.10 Å². The van der Waals surface area contributed by atoms with Gasteiger partial charge in [0.25, 0.3) is 0 Å². The van der Waals surface area contributed by atoms with Crippen molar-refractivity contribution < 1.29 is 13.2 Å². The molecule has 0 spiro atoms. The summed E-state index contributed by atoms with van der Waals surface area (Å²) in [6.45, 7) is 0.844. The van der Waals surface area contributed by atoms with Crippen LogP contribution in [0.1, 0.15) is 24.5 Å². The van der Waals surface area contributed by atoms with E-state index < -0.39 is 12.0 Å². The molecule has 7 nitrogen and oxygen atoms in total. The monoisotopic (exact) mass is 373 g/mol. The van der Waals surface area contributed by atoms with E-state index >= 15 is 0 Å². The maximum absolute atomic E-state index is 13.1. The van der Waals surface area contributed by atoms with E-state index in [-0.39, 0.29) is 18.2 Å². The third-order valence-electron chi connectivity index (χ3n) is 3.74. The molecule has 0 aromatic carbocycles. The summed E-state index contributed by atoms with van der Waals surface area (Å²) in [6, 6.07) is 1.52. The lowest BCUT2D eigenvalue weighted by atomic mass is 10.2. The highest BCUT2D eigenvalue weighted by atomic mass is 32.2. The molecule has 0 amide bonds. The molecular formula is C14H18F3N7S. The van der Waals surface area contributed by atoms with Crippen LogP contribution < -0.4 is 10.2 Å². The highest BCUT2D eigenvalue weighted by molar-refractivity contribution is 8.00. The first-order valence-corrected chi connectivity index (χ1v) is 8.84. The van der Waals surface area contributed by atoms with Gasteiger partial charge >= 0.3 is 6.18 Å². The van der Waals surface area contributed by atoms with Crippen LogP contribution in [0.3, 0.4) is 0 Å². The van der Waals surface area contributed by atoms with Crippen LogP contribution in [0, 0.1) is 0 Å². The topological polar surface area (TPSA) is 82.6 Å². The average molecular weight is 373 g/mol. The van der Waals surface area contributed by atoms with Crippen LogP contribution in [0.2, 0.25) is 0 Å². The normalized spacial score (nSPS) is 17.7. The molecule has 1 aliphatic rings. The van der Waals surface area contributed by atoms with Gasteiger partial charge in [0, 0.05) is 24.9 Å². The van der Waals surface area contributed by atoms with Gasteiger partial charge in [0.15, 0.2) is 0 Å². The zero-order valence-electron chi connectivity index (χ0n) is 13.5. The Morgan fingerprint density at radius 2 is 2.24 bits per heavy atom. The molecule has 3 heterocycles. The molecular weight excluding hydrogens is 355 g/mol. The second-order valence-corrected chi connectivity index (χ2v) is 7.15. The fraction of sp³-hybridized carbons (Fsp3) is 0.571. The molecule has 0 radical (unpaired) electrons. The summed E-state index contributed by atoms with van der Waals surface area (Å²) in [4.78, 5) is 12.8. The van der Waals surface area contributed by atoms with E-state index in [1.807, 2.05) is 11.8 Å². The van der Waals surface area contributed by atoms with Crippen molar-refractivity contribution in [2.75, 3.05) is 29.6 Å². The number of H-pyrrole nitrogens is 1. The van der Waals surface area contributed by atoms with Crippen molar-refractivity contribution in [3.05, 3.63) is 24.0 Å². The summed E-state index contributed by atoms with van der Waals surface area (Å²) in [6.07, 6.45) is -1.06. The number of halogens is 3. The van der Waals surface area contributed by atoms with Gasteiger partial charge in [-0.25, -0.2) is 15.0 Å². The standard InChI is InChI=1S/C14H18F3N7S/c1-24(7-11-19-8-20-23-11)12-5-10(18-6-9-3-2-4-25-9)21-13(22-12)14(15,16)17/h5,8-9H,2-4,6-7H2,1H3,(H,18,21,22)(H,19,20,23). The van der Waals surface area contributed by atoms with Crippen molar-refractivity contribution in [1.29, 1.82) is 0 Å². The SMILES string of the molecule is CN(Cc1ncn[nH]1)c1cc(NCC2CCCS2)nc(C(F)(F)F)n1. The quantitative estimate of drug-likeness (QED) is 0.805. The van der Waals surface area contributed by atoms with Crippen molar-refractivity contribution in [1.82, 2.24) is 25.1 Å². The van der Waals surface area contributed by atoms with Gasteiger partial charge in [-0.15, -0.1) is 0 Å². The van der Waals surface area contributed by atoms with Crippen molar-refractivity contribution in [2.24, 2.45) is 0 Å². The second kappa shape index (κ2) is 7.46. The third kappa shape index (κ3) is 4.74. The molecule has 136 valence electrons. The van der Waals surface area contributed by atoms with Crippen LogP contribution in [-0.4, -0.2) is 49.7 Å². The van der Waals surface area contributed by atoms with E-state index in [1.165, 1.54) is 12.4 Å². The lowest BCUT2D eigenvalue weighted by molar-refractivity contribution is -0.144. The minimum absolute atomic E-state index is 0.167. The second-order valence-electron chi connectivity index (χ2n) is 5.74. The predicted octanol–water partition coefficient (Wildman–Crippen LogP) is 2.56. The molecule has 1 fully saturated rings. The lowest BCUT2D eigenvalue weighted by Crippen LogP contribution is -2.23. The molecule has 1 saturated heterocycles. The highest BCUT2D eigenvalue weighted by Crippen LogP contribution is 2.30. The van der Waals surface area contributed by atoms with Crippen LogP contribution in [0.5, 0.6) is 0 Å². The molecule has 0 aliphatic carbocycles. The molecule has 25 heavy (non-hydrogen) atoms. The van der Waals surface area contributed by atoms with Gasteiger partial charge in [0.05, 0.1) is 6.54 Å². The molecule has 0 bridgehead atoms. The zero-order valence-corrected chi connectivity index (χ0v) is 14.4. The largest absolute Gasteiger partial charge is 0.451 e. The summed E-state index contributed by atoms with van der Waals surface area (Å²) in [5.74, 6) is 0.812. The van der Waals surface area contributed by atoms with E-state index in [0.29, 0.717) is 17.6 Å². The zero-order chi connectivity index (χ0) is 17.9. The number of thioether (sulfide) groups is 1. The fourth-order valence-electron chi connectivity index (χ4n) is 2.48. The molecule has 2 N–H and O–H groups in total. The van der Waals surface area contributed by atoms with Gasteiger partial charge < -0.3 is 10.2 Å². The first-order valence-electron chi connectivity index (χ1n) is 7.79. The van der Waals surface area contributed by atoms with Gasteiger partial charge in [-0.2, -0.15) is 30.0 Å². The molecule has 1 aliphatic heterocycles. The summed E-state index contributed by atoms with van der Waals surface area (Å²) >= 11 is 1.83. The number of aromatic nitrogens is 5. The summed E-state index contributed by atoms with van der Waals surface area (Å²) in [7, 11) is 1.64. The van der Waals surface area contributed by atoms with Crippen molar-refractivity contribution >= 4 is 23.4 Å². The van der Waals surface area contributed by atoms with Crippen molar-refractivity contribution in [2.45, 2.75) is 30.8 Å². The third-order valence-corrected chi connectivity index (χ3v) is 5.14. The summed E-state index contributed by atoms with van der Waals surface area (Å²) in [5, 5.41) is 9.82. The Bertz CT molecular complexity index is 686. The van der Waals surface area contributed by atoms with E-state index in [4.69, 9.17) is 0 Å². The first-order chi connectivity index (χ1) is 11.9. The van der Waals surface area contributed by atoms with Gasteiger partial charge in [0.2, 0.25) is 5.82 Å². The van der Waals surface area contributed by atoms with Crippen molar-refractivity contribution in [3.63, 3.8) is 0 Å². The molecule has 0 saturated carbocycles. The molecule has 1 unspecified atom stereocenters. The number of nitrogens with zero attached hydrogens (tertiary/aromatic N) is 5. The molecule has 2 aromatic heterocycles. The first kappa shape index (κ1) is 17.8. The average Bonchev–Trinajstić information content (AvgIpc) is 3.25. The number of aromatic amines is 1. The van der Waals surface area contributed by atoms with Crippen molar-refractivity contribution in [3.8, 4) is 0 Å². The number of rotatable bonds is 6. The Morgan fingerprint density at radius 1 is 1.40 bits per heavy atom. The maximum Gasteiger partial charge on any atom is 0.451 e. The fourth-order valence-corrected chi connectivity index (χ4v) is 3.68. The molecule has 11 heteroatoms. The van der Waals surface area contributed by atoms with Crippen LogP contribution in [-0.2, 0) is 12.7 Å². The van der Waals surface area contributed by atoms with Crippen LogP contribution in [0.15, 0.2) is 12.4 Å².